The molecule has 0 atom stereocenters. The normalized spacial score (nSPS) is 10.5. The standard InChI is InChI=1S/C23H28N2O6/c1-6-25(15-22(26)24-17-9-7-8-10-18(17)28-2)23(27)12-11-16-13-20(30-4)21(31-5)14-19(16)29-3/h7-14H,6,15H2,1-5H3,(H,24,26)/b12-11+. The highest BCUT2D eigenvalue weighted by molar-refractivity contribution is 5.98. The van der Waals surface area contributed by atoms with Gasteiger partial charge >= 0.3 is 0 Å². The molecule has 0 aromatic heterocycles. The molecule has 8 heteroatoms. The summed E-state index contributed by atoms with van der Waals surface area (Å²) in [5, 5.41) is 2.77. The van der Waals surface area contributed by atoms with Crippen LogP contribution in [-0.4, -0.2) is 58.2 Å². The molecule has 0 aliphatic rings. The maximum Gasteiger partial charge on any atom is 0.247 e. The Morgan fingerprint density at radius 2 is 1.52 bits per heavy atom. The molecule has 0 fully saturated rings. The third kappa shape index (κ3) is 6.15. The number of benzene rings is 2. The number of rotatable bonds is 10. The van der Waals surface area contributed by atoms with E-state index in [0.29, 0.717) is 40.8 Å². The van der Waals surface area contributed by atoms with E-state index in [9.17, 15) is 9.59 Å². The number of carbonyl (C=O) groups excluding carboxylic acids is 2. The summed E-state index contributed by atoms with van der Waals surface area (Å²) >= 11 is 0. The number of carbonyl (C=O) groups is 2. The molecule has 0 saturated heterocycles. The summed E-state index contributed by atoms with van der Waals surface area (Å²) in [5.74, 6) is 1.47. The number of para-hydroxylation sites is 2. The van der Waals surface area contributed by atoms with Gasteiger partial charge in [-0.15, -0.1) is 0 Å². The molecule has 2 aromatic carbocycles. The second kappa shape index (κ2) is 11.5. The SMILES string of the molecule is CCN(CC(=O)Nc1ccccc1OC)C(=O)/C=C/c1cc(OC)c(OC)cc1OC. The Hall–Kier alpha value is -3.68. The first-order chi connectivity index (χ1) is 15.0. The first kappa shape index (κ1) is 23.6. The van der Waals surface area contributed by atoms with E-state index >= 15 is 0 Å². The van der Waals surface area contributed by atoms with Crippen molar-refractivity contribution in [2.24, 2.45) is 0 Å². The topological polar surface area (TPSA) is 86.3 Å². The molecule has 8 nitrogen and oxygen atoms in total. The van der Waals surface area contributed by atoms with Crippen molar-refractivity contribution in [3.63, 3.8) is 0 Å². The molecule has 0 aliphatic carbocycles. The van der Waals surface area contributed by atoms with Crippen LogP contribution in [0.2, 0.25) is 0 Å². The lowest BCUT2D eigenvalue weighted by atomic mass is 10.1. The van der Waals surface area contributed by atoms with E-state index in [1.165, 1.54) is 39.4 Å². The van der Waals surface area contributed by atoms with Crippen molar-refractivity contribution >= 4 is 23.6 Å². The summed E-state index contributed by atoms with van der Waals surface area (Å²) < 4.78 is 21.2. The van der Waals surface area contributed by atoms with Crippen LogP contribution in [0.3, 0.4) is 0 Å². The van der Waals surface area contributed by atoms with Gasteiger partial charge in [0.05, 0.1) is 34.1 Å². The fraction of sp³-hybridized carbons (Fsp3) is 0.304. The van der Waals surface area contributed by atoms with Crippen LogP contribution in [0.4, 0.5) is 5.69 Å². The van der Waals surface area contributed by atoms with Gasteiger partial charge in [-0.1, -0.05) is 12.1 Å². The van der Waals surface area contributed by atoms with Gasteiger partial charge in [-0.2, -0.15) is 0 Å². The van der Waals surface area contributed by atoms with Crippen LogP contribution in [0.15, 0.2) is 42.5 Å². The minimum atomic E-state index is -0.322. The number of hydrogen-bond acceptors (Lipinski definition) is 6. The van der Waals surface area contributed by atoms with Crippen molar-refractivity contribution in [2.45, 2.75) is 6.92 Å². The van der Waals surface area contributed by atoms with E-state index in [1.54, 1.807) is 43.3 Å². The van der Waals surface area contributed by atoms with E-state index in [2.05, 4.69) is 5.32 Å². The van der Waals surface area contributed by atoms with Crippen LogP contribution in [0.5, 0.6) is 23.0 Å². The summed E-state index contributed by atoms with van der Waals surface area (Å²) in [4.78, 5) is 26.5. The van der Waals surface area contributed by atoms with Crippen LogP contribution < -0.4 is 24.3 Å². The lowest BCUT2D eigenvalue weighted by Gasteiger charge is -2.19. The van der Waals surface area contributed by atoms with E-state index in [1.807, 2.05) is 6.07 Å². The van der Waals surface area contributed by atoms with Crippen LogP contribution in [0.25, 0.3) is 6.08 Å². The molecule has 0 saturated carbocycles. The number of likely N-dealkylation sites (N-methyl/N-ethyl adjacent to an activating group) is 1. The smallest absolute Gasteiger partial charge is 0.247 e. The highest BCUT2D eigenvalue weighted by atomic mass is 16.5. The molecule has 2 rings (SSSR count). The van der Waals surface area contributed by atoms with Crippen molar-refractivity contribution < 1.29 is 28.5 Å². The summed E-state index contributed by atoms with van der Waals surface area (Å²) in [6, 6.07) is 10.5. The Labute approximate surface area is 182 Å². The second-order valence-corrected chi connectivity index (χ2v) is 6.38. The fourth-order valence-corrected chi connectivity index (χ4v) is 2.91. The molecule has 1 N–H and O–H groups in total. The average Bonchev–Trinajstić information content (AvgIpc) is 2.80. The van der Waals surface area contributed by atoms with Crippen LogP contribution in [0.1, 0.15) is 12.5 Å². The van der Waals surface area contributed by atoms with Crippen molar-refractivity contribution in [2.75, 3.05) is 46.8 Å². The third-order valence-corrected chi connectivity index (χ3v) is 4.55. The number of nitrogens with one attached hydrogen (secondary N) is 1. The lowest BCUT2D eigenvalue weighted by molar-refractivity contribution is -0.130. The van der Waals surface area contributed by atoms with Gasteiger partial charge in [0.25, 0.3) is 0 Å². The predicted octanol–water partition coefficient (Wildman–Crippen LogP) is 3.22. The Morgan fingerprint density at radius 3 is 2.13 bits per heavy atom. The van der Waals surface area contributed by atoms with Crippen molar-refractivity contribution in [3.05, 3.63) is 48.0 Å². The van der Waals surface area contributed by atoms with E-state index in [0.717, 1.165) is 0 Å². The highest BCUT2D eigenvalue weighted by Crippen LogP contribution is 2.35. The Morgan fingerprint density at radius 1 is 0.903 bits per heavy atom. The van der Waals surface area contributed by atoms with Gasteiger partial charge in [-0.05, 0) is 31.2 Å². The van der Waals surface area contributed by atoms with Crippen LogP contribution in [-0.2, 0) is 9.59 Å². The molecular formula is C23H28N2O6. The molecule has 0 aliphatic heterocycles. The number of ether oxygens (including phenoxy) is 4. The Balaban J connectivity index is 2.12. The van der Waals surface area contributed by atoms with E-state index in [4.69, 9.17) is 18.9 Å². The van der Waals surface area contributed by atoms with Crippen LogP contribution >= 0.6 is 0 Å². The molecule has 0 radical (unpaired) electrons. The number of nitrogens with zero attached hydrogens (tertiary/aromatic N) is 1. The first-order valence-electron chi connectivity index (χ1n) is 9.67. The monoisotopic (exact) mass is 428 g/mol. The van der Waals surface area contributed by atoms with Gasteiger partial charge < -0.3 is 29.2 Å². The molecule has 31 heavy (non-hydrogen) atoms. The zero-order chi connectivity index (χ0) is 22.8. The number of hydrogen-bond donors (Lipinski definition) is 1. The van der Waals surface area contributed by atoms with Gasteiger partial charge in [0.15, 0.2) is 11.5 Å². The van der Waals surface area contributed by atoms with E-state index < -0.39 is 0 Å². The second-order valence-electron chi connectivity index (χ2n) is 6.38. The Bertz CT molecular complexity index is 942. The molecular weight excluding hydrogens is 400 g/mol. The van der Waals surface area contributed by atoms with Gasteiger partial charge in [-0.25, -0.2) is 0 Å². The van der Waals surface area contributed by atoms with Gasteiger partial charge in [-0.3, -0.25) is 9.59 Å². The minimum Gasteiger partial charge on any atom is -0.496 e. The fourth-order valence-electron chi connectivity index (χ4n) is 2.91. The van der Waals surface area contributed by atoms with Gasteiger partial charge in [0.1, 0.15) is 18.0 Å². The molecule has 166 valence electrons. The highest BCUT2D eigenvalue weighted by Gasteiger charge is 2.16. The summed E-state index contributed by atoms with van der Waals surface area (Å²) in [7, 11) is 6.12. The maximum atomic E-state index is 12.7. The molecule has 2 aromatic rings. The lowest BCUT2D eigenvalue weighted by Crippen LogP contribution is -2.36. The average molecular weight is 428 g/mol. The van der Waals surface area contributed by atoms with Gasteiger partial charge in [0, 0.05) is 24.3 Å². The van der Waals surface area contributed by atoms with Crippen LogP contribution in [0, 0.1) is 0 Å². The Kier molecular flexibility index (Phi) is 8.75. The molecule has 0 unspecified atom stereocenters. The first-order valence-corrected chi connectivity index (χ1v) is 9.67. The zero-order valence-corrected chi connectivity index (χ0v) is 18.4. The quantitative estimate of drug-likeness (QED) is 0.585. The zero-order valence-electron chi connectivity index (χ0n) is 18.4. The molecule has 0 heterocycles. The molecule has 0 bridgehead atoms. The summed E-state index contributed by atoms with van der Waals surface area (Å²) in [6.07, 6.45) is 3.01. The summed E-state index contributed by atoms with van der Waals surface area (Å²) in [5.41, 5.74) is 1.19. The summed E-state index contributed by atoms with van der Waals surface area (Å²) in [6.45, 7) is 2.07. The van der Waals surface area contributed by atoms with E-state index in [-0.39, 0.29) is 18.4 Å². The largest absolute Gasteiger partial charge is 0.496 e. The van der Waals surface area contributed by atoms with Crippen molar-refractivity contribution in [1.82, 2.24) is 4.90 Å². The molecule has 0 spiro atoms. The predicted molar refractivity (Wildman–Crippen MR) is 119 cm³/mol. The number of anilines is 1. The van der Waals surface area contributed by atoms with Gasteiger partial charge in [0.2, 0.25) is 11.8 Å². The van der Waals surface area contributed by atoms with Crippen molar-refractivity contribution in [1.29, 1.82) is 0 Å². The van der Waals surface area contributed by atoms with Crippen molar-refractivity contribution in [3.8, 4) is 23.0 Å². The molecule has 2 amide bonds. The number of methoxy groups -OCH3 is 4. The number of amides is 2. The minimum absolute atomic E-state index is 0.0964. The third-order valence-electron chi connectivity index (χ3n) is 4.55. The maximum absolute atomic E-state index is 12.7.